The van der Waals surface area contributed by atoms with Crippen LogP contribution in [-0.2, 0) is 0 Å². The van der Waals surface area contributed by atoms with Crippen molar-refractivity contribution in [2.24, 2.45) is 5.10 Å². The molecule has 0 fully saturated rings. The second-order valence-corrected chi connectivity index (χ2v) is 2.45. The summed E-state index contributed by atoms with van der Waals surface area (Å²) in [5.74, 6) is 0.148. The monoisotopic (exact) mass is 189 g/mol. The van der Waals surface area contributed by atoms with Crippen LogP contribution in [0.15, 0.2) is 29.6 Å². The molecule has 0 atom stereocenters. The molecular formula is C7H7N7. The first-order valence-corrected chi connectivity index (χ1v) is 3.84. The van der Waals surface area contributed by atoms with Gasteiger partial charge in [-0.3, -0.25) is 4.98 Å². The highest BCUT2D eigenvalue weighted by Gasteiger charge is 1.95. The number of tetrazole rings is 1. The van der Waals surface area contributed by atoms with Gasteiger partial charge in [0, 0.05) is 12.4 Å². The quantitative estimate of drug-likeness (QED) is 0.644. The molecule has 0 aliphatic carbocycles. The molecule has 0 aliphatic rings. The molecule has 0 spiro atoms. The Morgan fingerprint density at radius 1 is 1.36 bits per heavy atom. The summed E-state index contributed by atoms with van der Waals surface area (Å²) in [4.78, 5) is 5.01. The Balaban J connectivity index is 2.20. The van der Waals surface area contributed by atoms with Gasteiger partial charge in [-0.05, 0) is 28.1 Å². The first-order valence-electron chi connectivity index (χ1n) is 3.84. The summed E-state index contributed by atoms with van der Waals surface area (Å²) < 4.78 is 0. The first kappa shape index (κ1) is 8.30. The van der Waals surface area contributed by atoms with Crippen LogP contribution in [0.3, 0.4) is 0 Å². The number of aromatic nitrogens is 5. The number of rotatable bonds is 2. The van der Waals surface area contributed by atoms with E-state index in [1.165, 1.54) is 0 Å². The maximum atomic E-state index is 5.41. The fourth-order valence-electron chi connectivity index (χ4n) is 0.843. The summed E-state index contributed by atoms with van der Waals surface area (Å²) in [7, 11) is 0. The maximum Gasteiger partial charge on any atom is 0.263 e. The average molecular weight is 189 g/mol. The normalized spacial score (nSPS) is 10.9. The molecule has 0 radical (unpaired) electrons. The van der Waals surface area contributed by atoms with Crippen molar-refractivity contribution in [3.63, 3.8) is 0 Å². The van der Waals surface area contributed by atoms with Crippen molar-refractivity contribution in [1.29, 1.82) is 0 Å². The van der Waals surface area contributed by atoms with E-state index in [-0.39, 0.29) is 5.95 Å². The van der Waals surface area contributed by atoms with Crippen LogP contribution in [-0.4, -0.2) is 31.5 Å². The predicted octanol–water partition coefficient (Wildman–Crippen LogP) is -0.468. The van der Waals surface area contributed by atoms with E-state index in [1.807, 2.05) is 12.1 Å². The van der Waals surface area contributed by atoms with E-state index in [4.69, 9.17) is 5.73 Å². The summed E-state index contributed by atoms with van der Waals surface area (Å²) >= 11 is 0. The molecule has 0 saturated carbocycles. The molecule has 14 heavy (non-hydrogen) atoms. The zero-order valence-corrected chi connectivity index (χ0v) is 7.15. The summed E-state index contributed by atoms with van der Waals surface area (Å²) in [6, 6.07) is 3.62. The minimum absolute atomic E-state index is 0.148. The summed E-state index contributed by atoms with van der Waals surface area (Å²) in [6.07, 6.45) is 4.93. The van der Waals surface area contributed by atoms with Crippen LogP contribution in [0.2, 0.25) is 0 Å². The number of hydrogen-bond acceptors (Lipinski definition) is 6. The number of nitrogens with two attached hydrogens (primary N) is 1. The van der Waals surface area contributed by atoms with Crippen LogP contribution < -0.4 is 5.73 Å². The third kappa shape index (κ3) is 1.71. The molecule has 7 nitrogen and oxygen atoms in total. The van der Waals surface area contributed by atoms with Crippen molar-refractivity contribution < 1.29 is 0 Å². The average Bonchev–Trinajstić information content (AvgIpc) is 2.63. The Morgan fingerprint density at radius 3 is 2.79 bits per heavy atom. The summed E-state index contributed by atoms with van der Waals surface area (Å²) in [5.41, 5.74) is 6.30. The summed E-state index contributed by atoms with van der Waals surface area (Å²) in [6.45, 7) is 0. The van der Waals surface area contributed by atoms with Crippen molar-refractivity contribution in [3.8, 4) is 0 Å². The van der Waals surface area contributed by atoms with Crippen molar-refractivity contribution >= 4 is 12.2 Å². The van der Waals surface area contributed by atoms with Crippen molar-refractivity contribution in [1.82, 2.24) is 25.3 Å². The lowest BCUT2D eigenvalue weighted by Crippen LogP contribution is -1.99. The number of anilines is 1. The lowest BCUT2D eigenvalue weighted by Gasteiger charge is -1.91. The van der Waals surface area contributed by atoms with Crippen LogP contribution >= 0.6 is 0 Å². The molecule has 70 valence electrons. The van der Waals surface area contributed by atoms with E-state index in [0.29, 0.717) is 0 Å². The molecule has 0 aliphatic heterocycles. The smallest absolute Gasteiger partial charge is 0.263 e. The maximum absolute atomic E-state index is 5.41. The Bertz CT molecular complexity index is 432. The highest BCUT2D eigenvalue weighted by atomic mass is 15.7. The van der Waals surface area contributed by atoms with E-state index < -0.39 is 0 Å². The Kier molecular flexibility index (Phi) is 2.14. The van der Waals surface area contributed by atoms with Gasteiger partial charge in [-0.1, -0.05) is 9.89 Å². The van der Waals surface area contributed by atoms with Gasteiger partial charge in [0.15, 0.2) is 0 Å². The number of nitrogen functional groups attached to an aromatic ring is 1. The SMILES string of the molecule is Nc1nnnn1/N=C\c1ccncc1. The molecule has 0 bridgehead atoms. The molecule has 0 amide bonds. The molecule has 0 unspecified atom stereocenters. The van der Waals surface area contributed by atoms with Crippen LogP contribution in [0, 0.1) is 0 Å². The zero-order chi connectivity index (χ0) is 9.80. The second-order valence-electron chi connectivity index (χ2n) is 2.45. The largest absolute Gasteiger partial charge is 0.365 e. The fourth-order valence-corrected chi connectivity index (χ4v) is 0.843. The van der Waals surface area contributed by atoms with Gasteiger partial charge < -0.3 is 5.73 Å². The van der Waals surface area contributed by atoms with Crippen molar-refractivity contribution in [2.45, 2.75) is 0 Å². The molecule has 2 aromatic heterocycles. The third-order valence-corrected chi connectivity index (χ3v) is 1.50. The summed E-state index contributed by atoms with van der Waals surface area (Å²) in [5, 5.41) is 14.3. The molecule has 7 heteroatoms. The van der Waals surface area contributed by atoms with Gasteiger partial charge in [0.2, 0.25) is 0 Å². The Labute approximate surface area is 79.3 Å². The zero-order valence-electron chi connectivity index (χ0n) is 7.15. The topological polar surface area (TPSA) is 94.9 Å². The molecule has 0 saturated heterocycles. The van der Waals surface area contributed by atoms with Gasteiger partial charge >= 0.3 is 0 Å². The highest BCUT2D eigenvalue weighted by molar-refractivity contribution is 5.79. The first-order chi connectivity index (χ1) is 6.86. The van der Waals surface area contributed by atoms with Gasteiger partial charge in [0.05, 0.1) is 6.21 Å². The molecule has 2 aromatic rings. The van der Waals surface area contributed by atoms with Gasteiger partial charge in [0.25, 0.3) is 5.95 Å². The Morgan fingerprint density at radius 2 is 2.14 bits per heavy atom. The standard InChI is InChI=1S/C7H7N7/c8-7-11-12-13-14(7)10-5-6-1-3-9-4-2-6/h1-5H,(H2,8,11,13)/b10-5-. The van der Waals surface area contributed by atoms with Crippen LogP contribution in [0.25, 0.3) is 0 Å². The van der Waals surface area contributed by atoms with E-state index in [1.54, 1.807) is 18.6 Å². The second kappa shape index (κ2) is 3.60. The third-order valence-electron chi connectivity index (χ3n) is 1.50. The highest BCUT2D eigenvalue weighted by Crippen LogP contribution is 1.94. The van der Waals surface area contributed by atoms with E-state index >= 15 is 0 Å². The van der Waals surface area contributed by atoms with Gasteiger partial charge in [0.1, 0.15) is 0 Å². The fraction of sp³-hybridized carbons (Fsp3) is 0. The predicted molar refractivity (Wildman–Crippen MR) is 49.5 cm³/mol. The molecular weight excluding hydrogens is 182 g/mol. The molecule has 2 N–H and O–H groups in total. The molecule has 2 rings (SSSR count). The van der Waals surface area contributed by atoms with E-state index in [9.17, 15) is 0 Å². The van der Waals surface area contributed by atoms with Gasteiger partial charge in [-0.25, -0.2) is 0 Å². The van der Waals surface area contributed by atoms with E-state index in [0.717, 1.165) is 10.4 Å². The van der Waals surface area contributed by atoms with Crippen LogP contribution in [0.5, 0.6) is 0 Å². The molecule has 2 heterocycles. The van der Waals surface area contributed by atoms with Crippen LogP contribution in [0.4, 0.5) is 5.95 Å². The van der Waals surface area contributed by atoms with Crippen molar-refractivity contribution in [3.05, 3.63) is 30.1 Å². The van der Waals surface area contributed by atoms with E-state index in [2.05, 4.69) is 25.6 Å². The lowest BCUT2D eigenvalue weighted by molar-refractivity contribution is 0.699. The lowest BCUT2D eigenvalue weighted by atomic mass is 10.3. The number of hydrogen-bond donors (Lipinski definition) is 1. The number of nitrogens with zero attached hydrogens (tertiary/aromatic N) is 6. The minimum Gasteiger partial charge on any atom is -0.365 e. The number of pyridine rings is 1. The van der Waals surface area contributed by atoms with Crippen LogP contribution in [0.1, 0.15) is 5.56 Å². The van der Waals surface area contributed by atoms with Gasteiger partial charge in [-0.15, -0.1) is 0 Å². The van der Waals surface area contributed by atoms with Crippen molar-refractivity contribution in [2.75, 3.05) is 5.73 Å². The minimum atomic E-state index is 0.148. The molecule has 0 aromatic carbocycles. The van der Waals surface area contributed by atoms with Gasteiger partial charge in [-0.2, -0.15) is 5.10 Å². The Hall–Kier alpha value is -2.31.